The van der Waals surface area contributed by atoms with Crippen LogP contribution in [-0.4, -0.2) is 54.3 Å². The number of benzene rings is 1. The third-order valence-corrected chi connectivity index (χ3v) is 4.83. The van der Waals surface area contributed by atoms with Crippen molar-refractivity contribution in [3.63, 3.8) is 0 Å². The molecule has 0 atom stereocenters. The zero-order valence-corrected chi connectivity index (χ0v) is 14.0. The lowest BCUT2D eigenvalue weighted by Gasteiger charge is -2.26. The highest BCUT2D eigenvalue weighted by molar-refractivity contribution is 5.59. The van der Waals surface area contributed by atoms with Crippen LogP contribution in [0.15, 0.2) is 36.7 Å². The van der Waals surface area contributed by atoms with E-state index >= 15 is 0 Å². The van der Waals surface area contributed by atoms with Gasteiger partial charge in [-0.05, 0) is 18.4 Å². The highest BCUT2D eigenvalue weighted by atomic mass is 16.5. The summed E-state index contributed by atoms with van der Waals surface area (Å²) >= 11 is 0. The van der Waals surface area contributed by atoms with Crippen molar-refractivity contribution in [1.29, 1.82) is 0 Å². The van der Waals surface area contributed by atoms with Crippen LogP contribution in [0.2, 0.25) is 0 Å². The van der Waals surface area contributed by atoms with E-state index in [0.717, 1.165) is 63.0 Å². The normalized spacial score (nSPS) is 18.9. The van der Waals surface area contributed by atoms with Gasteiger partial charge < -0.3 is 9.64 Å². The minimum Gasteiger partial charge on any atom is -0.379 e. The average Bonchev–Trinajstić information content (AvgIpc) is 3.18. The second kappa shape index (κ2) is 7.28. The molecule has 3 heterocycles. The molecule has 126 valence electrons. The minimum absolute atomic E-state index is 0.844. The van der Waals surface area contributed by atoms with E-state index in [1.54, 1.807) is 0 Å². The summed E-state index contributed by atoms with van der Waals surface area (Å²) in [5.74, 6) is 1.00. The van der Waals surface area contributed by atoms with E-state index in [2.05, 4.69) is 44.0 Å². The molecule has 0 unspecified atom stereocenters. The average molecular weight is 324 g/mol. The van der Waals surface area contributed by atoms with Gasteiger partial charge in [0, 0.05) is 38.3 Å². The lowest BCUT2D eigenvalue weighted by Crippen LogP contribution is -2.35. The van der Waals surface area contributed by atoms with Gasteiger partial charge in [0.25, 0.3) is 0 Å². The number of hydrogen-bond donors (Lipinski definition) is 0. The monoisotopic (exact) mass is 324 g/mol. The fraction of sp³-hybridized carbons (Fsp3) is 0.474. The first kappa shape index (κ1) is 15.5. The summed E-state index contributed by atoms with van der Waals surface area (Å²) in [7, 11) is 0. The predicted molar refractivity (Wildman–Crippen MR) is 95.0 cm³/mol. The highest BCUT2D eigenvalue weighted by Crippen LogP contribution is 2.21. The van der Waals surface area contributed by atoms with E-state index in [-0.39, 0.29) is 0 Å². The van der Waals surface area contributed by atoms with E-state index in [1.807, 2.05) is 12.4 Å². The molecule has 0 saturated carbocycles. The molecule has 0 radical (unpaired) electrons. The van der Waals surface area contributed by atoms with Crippen molar-refractivity contribution in [1.82, 2.24) is 14.9 Å². The van der Waals surface area contributed by atoms with Crippen LogP contribution in [0.3, 0.4) is 0 Å². The van der Waals surface area contributed by atoms with Crippen molar-refractivity contribution in [2.75, 3.05) is 44.3 Å². The standard InChI is InChI=1S/C19H24N4O/c1-2-8-23(7-1)19-14-20-18(13-21-19)17-5-3-16(4-6-17)15-22-9-11-24-12-10-22/h3-6,13-14H,1-2,7-12,15H2. The molecular formula is C19H24N4O. The molecule has 24 heavy (non-hydrogen) atoms. The van der Waals surface area contributed by atoms with Crippen LogP contribution in [0.1, 0.15) is 18.4 Å². The quantitative estimate of drug-likeness (QED) is 0.865. The number of ether oxygens (including phenoxy) is 1. The number of morpholine rings is 1. The first-order valence-corrected chi connectivity index (χ1v) is 8.85. The van der Waals surface area contributed by atoms with E-state index in [9.17, 15) is 0 Å². The van der Waals surface area contributed by atoms with E-state index in [4.69, 9.17) is 4.74 Å². The smallest absolute Gasteiger partial charge is 0.147 e. The summed E-state index contributed by atoms with van der Waals surface area (Å²) in [6.07, 6.45) is 6.31. The molecule has 4 rings (SSSR count). The number of nitrogens with zero attached hydrogens (tertiary/aromatic N) is 4. The first-order chi connectivity index (χ1) is 11.9. The van der Waals surface area contributed by atoms with E-state index < -0.39 is 0 Å². The van der Waals surface area contributed by atoms with Crippen LogP contribution in [0.5, 0.6) is 0 Å². The molecule has 2 fully saturated rings. The van der Waals surface area contributed by atoms with Gasteiger partial charge in [-0.3, -0.25) is 9.88 Å². The molecule has 2 aliphatic heterocycles. The minimum atomic E-state index is 0.844. The maximum atomic E-state index is 5.40. The van der Waals surface area contributed by atoms with Gasteiger partial charge in [0.2, 0.25) is 0 Å². The molecule has 1 aromatic heterocycles. The fourth-order valence-electron chi connectivity index (χ4n) is 3.38. The Balaban J connectivity index is 1.42. The molecular weight excluding hydrogens is 300 g/mol. The van der Waals surface area contributed by atoms with Crippen molar-refractivity contribution in [2.45, 2.75) is 19.4 Å². The molecule has 5 nitrogen and oxygen atoms in total. The van der Waals surface area contributed by atoms with Crippen LogP contribution in [0.25, 0.3) is 11.3 Å². The SMILES string of the molecule is c1cc(-c2cnc(N3CCCC3)cn2)ccc1CN1CCOCC1. The van der Waals surface area contributed by atoms with Crippen LogP contribution in [-0.2, 0) is 11.3 Å². The number of hydrogen-bond acceptors (Lipinski definition) is 5. The molecule has 1 aromatic carbocycles. The number of rotatable bonds is 4. The van der Waals surface area contributed by atoms with Gasteiger partial charge in [0.15, 0.2) is 0 Å². The molecule has 2 saturated heterocycles. The fourth-order valence-corrected chi connectivity index (χ4v) is 3.38. The summed E-state index contributed by atoms with van der Waals surface area (Å²) in [4.78, 5) is 13.9. The van der Waals surface area contributed by atoms with Crippen LogP contribution < -0.4 is 4.90 Å². The Labute approximate surface area is 143 Å². The van der Waals surface area contributed by atoms with Crippen molar-refractivity contribution in [3.8, 4) is 11.3 Å². The lowest BCUT2D eigenvalue weighted by atomic mass is 10.1. The first-order valence-electron chi connectivity index (χ1n) is 8.85. The van der Waals surface area contributed by atoms with Gasteiger partial charge in [-0.2, -0.15) is 0 Å². The summed E-state index contributed by atoms with van der Waals surface area (Å²) < 4.78 is 5.40. The second-order valence-electron chi connectivity index (χ2n) is 6.54. The number of aromatic nitrogens is 2. The van der Waals surface area contributed by atoms with Crippen LogP contribution in [0.4, 0.5) is 5.82 Å². The van der Waals surface area contributed by atoms with Crippen LogP contribution in [0, 0.1) is 0 Å². The van der Waals surface area contributed by atoms with E-state index in [1.165, 1.54) is 18.4 Å². The Kier molecular flexibility index (Phi) is 4.71. The number of anilines is 1. The maximum absolute atomic E-state index is 5.40. The van der Waals surface area contributed by atoms with Crippen LogP contribution >= 0.6 is 0 Å². The molecule has 0 N–H and O–H groups in total. The summed E-state index contributed by atoms with van der Waals surface area (Å²) in [6, 6.07) is 8.69. The van der Waals surface area contributed by atoms with Gasteiger partial charge >= 0.3 is 0 Å². The molecule has 0 spiro atoms. The Bertz CT molecular complexity index is 644. The van der Waals surface area contributed by atoms with Crippen molar-refractivity contribution < 1.29 is 4.74 Å². The molecule has 0 aliphatic carbocycles. The second-order valence-corrected chi connectivity index (χ2v) is 6.54. The van der Waals surface area contributed by atoms with Gasteiger partial charge in [-0.25, -0.2) is 4.98 Å². The third-order valence-electron chi connectivity index (χ3n) is 4.83. The largest absolute Gasteiger partial charge is 0.379 e. The van der Waals surface area contributed by atoms with Gasteiger partial charge in [-0.1, -0.05) is 24.3 Å². The van der Waals surface area contributed by atoms with E-state index in [0.29, 0.717) is 0 Å². The topological polar surface area (TPSA) is 41.5 Å². The zero-order valence-electron chi connectivity index (χ0n) is 14.0. The Morgan fingerprint density at radius 3 is 2.29 bits per heavy atom. The predicted octanol–water partition coefficient (Wildman–Crippen LogP) is 2.58. The molecule has 0 amide bonds. The molecule has 2 aliphatic rings. The van der Waals surface area contributed by atoms with Gasteiger partial charge in [0.1, 0.15) is 5.82 Å². The van der Waals surface area contributed by atoms with Crippen molar-refractivity contribution in [3.05, 3.63) is 42.2 Å². The maximum Gasteiger partial charge on any atom is 0.147 e. The molecule has 2 aromatic rings. The van der Waals surface area contributed by atoms with Gasteiger partial charge in [0.05, 0.1) is 31.3 Å². The Hall–Kier alpha value is -1.98. The molecule has 0 bridgehead atoms. The molecule has 5 heteroatoms. The summed E-state index contributed by atoms with van der Waals surface area (Å²) in [5.41, 5.74) is 3.40. The summed E-state index contributed by atoms with van der Waals surface area (Å²) in [5, 5.41) is 0. The Morgan fingerprint density at radius 1 is 0.875 bits per heavy atom. The zero-order chi connectivity index (χ0) is 16.2. The van der Waals surface area contributed by atoms with Crippen molar-refractivity contribution >= 4 is 5.82 Å². The highest BCUT2D eigenvalue weighted by Gasteiger charge is 2.14. The summed E-state index contributed by atoms with van der Waals surface area (Å²) in [6.45, 7) is 6.92. The lowest BCUT2D eigenvalue weighted by molar-refractivity contribution is 0.0342. The Morgan fingerprint density at radius 2 is 1.62 bits per heavy atom. The van der Waals surface area contributed by atoms with Crippen molar-refractivity contribution in [2.24, 2.45) is 0 Å². The van der Waals surface area contributed by atoms with Gasteiger partial charge in [-0.15, -0.1) is 0 Å². The third kappa shape index (κ3) is 3.57.